The van der Waals surface area contributed by atoms with Crippen molar-refractivity contribution in [3.8, 4) is 5.75 Å². The number of methoxy groups -OCH3 is 1. The van der Waals surface area contributed by atoms with Crippen LogP contribution in [0.2, 0.25) is 0 Å². The molecule has 2 aromatic rings. The second-order valence-corrected chi connectivity index (χ2v) is 7.93. The number of hydrogen-bond donors (Lipinski definition) is 2. The summed E-state index contributed by atoms with van der Waals surface area (Å²) in [5.41, 5.74) is 3.70. The predicted octanol–water partition coefficient (Wildman–Crippen LogP) is 2.82. The molecule has 8 nitrogen and oxygen atoms in total. The lowest BCUT2D eigenvalue weighted by atomic mass is 9.95. The summed E-state index contributed by atoms with van der Waals surface area (Å²) in [6.07, 6.45) is 0.157. The summed E-state index contributed by atoms with van der Waals surface area (Å²) < 4.78 is 5.45. The summed E-state index contributed by atoms with van der Waals surface area (Å²) in [5.74, 6) is 0.235. The summed E-state index contributed by atoms with van der Waals surface area (Å²) in [4.78, 5) is 41.4. The van der Waals surface area contributed by atoms with E-state index in [2.05, 4.69) is 10.6 Å². The number of likely N-dealkylation sites (N-methyl/N-ethyl adjacent to an activating group) is 1. The standard InChI is InChI=1S/C24H26N4O4/c1-15-8-10-16(11-9-15)25-20(29)12-13-28-14-18-21(23(28)30)22(26-24(31)27(18)2)17-6-4-5-7-19(17)32-3/h4-11,22H,12-14H2,1-3H3,(H,25,29)(H,26,31)/t22-/m1/s1. The van der Waals surface area contributed by atoms with Gasteiger partial charge in [-0.15, -0.1) is 0 Å². The summed E-state index contributed by atoms with van der Waals surface area (Å²) in [6, 6.07) is 14.0. The van der Waals surface area contributed by atoms with Crippen molar-refractivity contribution in [2.75, 3.05) is 32.6 Å². The zero-order chi connectivity index (χ0) is 22.8. The molecule has 4 amide bonds. The Hall–Kier alpha value is -3.81. The monoisotopic (exact) mass is 434 g/mol. The highest BCUT2D eigenvalue weighted by Gasteiger charge is 2.43. The number of hydrogen-bond acceptors (Lipinski definition) is 4. The lowest BCUT2D eigenvalue weighted by Gasteiger charge is -2.31. The smallest absolute Gasteiger partial charge is 0.322 e. The number of ether oxygens (including phenoxy) is 1. The van der Waals surface area contributed by atoms with E-state index in [1.54, 1.807) is 25.1 Å². The zero-order valence-corrected chi connectivity index (χ0v) is 18.3. The number of carbonyl (C=O) groups excluding carboxylic acids is 3. The highest BCUT2D eigenvalue weighted by molar-refractivity contribution is 6.02. The number of amides is 4. The molecule has 0 aromatic heterocycles. The maximum Gasteiger partial charge on any atom is 0.322 e. The Labute approximate surface area is 186 Å². The quantitative estimate of drug-likeness (QED) is 0.732. The summed E-state index contributed by atoms with van der Waals surface area (Å²) >= 11 is 0. The van der Waals surface area contributed by atoms with E-state index in [0.717, 1.165) is 16.8 Å². The van der Waals surface area contributed by atoms with Crippen LogP contribution in [-0.2, 0) is 9.59 Å². The van der Waals surface area contributed by atoms with Gasteiger partial charge in [0, 0.05) is 31.3 Å². The predicted molar refractivity (Wildman–Crippen MR) is 120 cm³/mol. The molecule has 0 saturated heterocycles. The first-order chi connectivity index (χ1) is 15.4. The third kappa shape index (κ3) is 4.03. The Bertz CT molecular complexity index is 1090. The average Bonchev–Trinajstić information content (AvgIpc) is 3.13. The molecule has 0 unspecified atom stereocenters. The first-order valence-electron chi connectivity index (χ1n) is 10.4. The summed E-state index contributed by atoms with van der Waals surface area (Å²) in [6.45, 7) is 2.51. The Kier molecular flexibility index (Phi) is 5.85. The molecule has 32 heavy (non-hydrogen) atoms. The number of anilines is 1. The molecule has 8 heteroatoms. The van der Waals surface area contributed by atoms with Crippen LogP contribution >= 0.6 is 0 Å². The van der Waals surface area contributed by atoms with E-state index in [0.29, 0.717) is 17.0 Å². The molecule has 2 aliphatic heterocycles. The number of carbonyl (C=O) groups is 3. The number of para-hydroxylation sites is 1. The van der Waals surface area contributed by atoms with Gasteiger partial charge in [0.05, 0.1) is 31.0 Å². The molecule has 1 atom stereocenters. The van der Waals surface area contributed by atoms with Crippen LogP contribution < -0.4 is 15.4 Å². The number of nitrogens with zero attached hydrogens (tertiary/aromatic N) is 2. The van der Waals surface area contributed by atoms with E-state index in [-0.39, 0.29) is 37.4 Å². The van der Waals surface area contributed by atoms with Crippen LogP contribution in [0.4, 0.5) is 10.5 Å². The van der Waals surface area contributed by atoms with E-state index in [1.807, 2.05) is 49.4 Å². The molecule has 0 spiro atoms. The van der Waals surface area contributed by atoms with E-state index in [9.17, 15) is 14.4 Å². The molecular formula is C24H26N4O4. The largest absolute Gasteiger partial charge is 0.496 e. The van der Waals surface area contributed by atoms with Gasteiger partial charge in [0.15, 0.2) is 0 Å². The van der Waals surface area contributed by atoms with Crippen LogP contribution in [0.15, 0.2) is 59.8 Å². The summed E-state index contributed by atoms with van der Waals surface area (Å²) in [7, 11) is 3.20. The molecule has 0 bridgehead atoms. The maximum absolute atomic E-state index is 13.3. The van der Waals surface area contributed by atoms with Crippen LogP contribution in [0.5, 0.6) is 5.75 Å². The molecule has 2 N–H and O–H groups in total. The van der Waals surface area contributed by atoms with Gasteiger partial charge in [-0.05, 0) is 25.1 Å². The molecule has 2 aromatic carbocycles. The molecule has 0 saturated carbocycles. The van der Waals surface area contributed by atoms with Gasteiger partial charge in [-0.25, -0.2) is 4.79 Å². The molecule has 2 aliphatic rings. The van der Waals surface area contributed by atoms with Crippen LogP contribution in [0.3, 0.4) is 0 Å². The van der Waals surface area contributed by atoms with Gasteiger partial charge in [-0.2, -0.15) is 0 Å². The topological polar surface area (TPSA) is 91.0 Å². The SMILES string of the molecule is COc1ccccc1[C@H]1NC(=O)N(C)C2=C1C(=O)N(CCC(=O)Nc1ccc(C)cc1)C2. The van der Waals surface area contributed by atoms with Crippen molar-refractivity contribution >= 4 is 23.5 Å². The fourth-order valence-electron chi connectivity index (χ4n) is 4.04. The van der Waals surface area contributed by atoms with Gasteiger partial charge in [0.1, 0.15) is 5.75 Å². The van der Waals surface area contributed by atoms with Crippen LogP contribution in [0, 0.1) is 6.92 Å². The van der Waals surface area contributed by atoms with Gasteiger partial charge in [0.25, 0.3) is 5.91 Å². The molecule has 2 heterocycles. The fraction of sp³-hybridized carbons (Fsp3) is 0.292. The van der Waals surface area contributed by atoms with Crippen molar-refractivity contribution in [2.24, 2.45) is 0 Å². The maximum atomic E-state index is 13.3. The van der Waals surface area contributed by atoms with Gasteiger partial charge >= 0.3 is 6.03 Å². The minimum absolute atomic E-state index is 0.157. The minimum atomic E-state index is -0.608. The van der Waals surface area contributed by atoms with E-state index >= 15 is 0 Å². The van der Waals surface area contributed by atoms with E-state index in [1.165, 1.54) is 4.90 Å². The lowest BCUT2D eigenvalue weighted by molar-refractivity contribution is -0.126. The van der Waals surface area contributed by atoms with E-state index in [4.69, 9.17) is 4.74 Å². The Morgan fingerprint density at radius 2 is 1.88 bits per heavy atom. The first-order valence-corrected chi connectivity index (χ1v) is 10.4. The van der Waals surface area contributed by atoms with Crippen molar-refractivity contribution in [3.63, 3.8) is 0 Å². The van der Waals surface area contributed by atoms with Crippen molar-refractivity contribution in [1.82, 2.24) is 15.1 Å². The number of aryl methyl sites for hydroxylation is 1. The van der Waals surface area contributed by atoms with Gasteiger partial charge in [0.2, 0.25) is 5.91 Å². The normalized spacial score (nSPS) is 17.9. The van der Waals surface area contributed by atoms with Gasteiger partial charge in [-0.1, -0.05) is 35.9 Å². The second kappa shape index (κ2) is 8.74. The number of urea groups is 1. The van der Waals surface area contributed by atoms with E-state index < -0.39 is 6.04 Å². The van der Waals surface area contributed by atoms with Crippen LogP contribution in [0.25, 0.3) is 0 Å². The Morgan fingerprint density at radius 1 is 1.16 bits per heavy atom. The van der Waals surface area contributed by atoms with Crippen molar-refractivity contribution in [2.45, 2.75) is 19.4 Å². The molecule has 0 fully saturated rings. The van der Waals surface area contributed by atoms with Crippen molar-refractivity contribution in [3.05, 3.63) is 70.9 Å². The Morgan fingerprint density at radius 3 is 2.59 bits per heavy atom. The van der Waals surface area contributed by atoms with Gasteiger partial charge < -0.3 is 20.3 Å². The lowest BCUT2D eigenvalue weighted by Crippen LogP contribution is -2.45. The van der Waals surface area contributed by atoms with Crippen LogP contribution in [-0.4, -0.2) is 54.9 Å². The van der Waals surface area contributed by atoms with Crippen molar-refractivity contribution < 1.29 is 19.1 Å². The minimum Gasteiger partial charge on any atom is -0.496 e. The first kappa shape index (κ1) is 21.4. The summed E-state index contributed by atoms with van der Waals surface area (Å²) in [5, 5.41) is 5.76. The van der Waals surface area contributed by atoms with Crippen molar-refractivity contribution in [1.29, 1.82) is 0 Å². The fourth-order valence-corrected chi connectivity index (χ4v) is 4.04. The molecule has 0 aliphatic carbocycles. The highest BCUT2D eigenvalue weighted by atomic mass is 16.5. The number of nitrogens with one attached hydrogen (secondary N) is 2. The highest BCUT2D eigenvalue weighted by Crippen LogP contribution is 2.38. The third-order valence-electron chi connectivity index (χ3n) is 5.83. The second-order valence-electron chi connectivity index (χ2n) is 7.93. The van der Waals surface area contributed by atoms with Crippen LogP contribution in [0.1, 0.15) is 23.6 Å². The molecule has 4 rings (SSSR count). The molecule has 166 valence electrons. The van der Waals surface area contributed by atoms with Gasteiger partial charge in [-0.3, -0.25) is 14.5 Å². The zero-order valence-electron chi connectivity index (χ0n) is 18.3. The molecule has 0 radical (unpaired) electrons. The average molecular weight is 434 g/mol. The molecular weight excluding hydrogens is 408 g/mol. The number of benzene rings is 2. The third-order valence-corrected chi connectivity index (χ3v) is 5.83. The number of rotatable bonds is 6. The Balaban J connectivity index is 1.49.